The normalized spacial score (nSPS) is 24.2. The summed E-state index contributed by atoms with van der Waals surface area (Å²) in [4.78, 5) is 12.2. The van der Waals surface area contributed by atoms with Gasteiger partial charge in [-0.05, 0) is 72.8 Å². The van der Waals surface area contributed by atoms with E-state index < -0.39 is 0 Å². The average molecular weight is 514 g/mol. The second-order valence-corrected chi connectivity index (χ2v) is 11.1. The van der Waals surface area contributed by atoms with Crippen LogP contribution in [-0.4, -0.2) is 23.7 Å². The van der Waals surface area contributed by atoms with Crippen LogP contribution in [0.3, 0.4) is 0 Å². The number of hydrogen-bond acceptors (Lipinski definition) is 3. The maximum atomic E-state index is 12.2. The van der Waals surface area contributed by atoms with E-state index in [0.717, 1.165) is 29.6 Å². The number of allylic oxidation sites excluding steroid dienone is 6. The summed E-state index contributed by atoms with van der Waals surface area (Å²) in [5.41, 5.74) is 3.92. The molecule has 4 heteroatoms. The van der Waals surface area contributed by atoms with Gasteiger partial charge in [0, 0.05) is 19.7 Å². The zero-order valence-electron chi connectivity index (χ0n) is 23.7. The monoisotopic (exact) mass is 513 g/mol. The molecular weight excluding hydrogens is 470 g/mol. The molecule has 0 aromatic heterocycles. The topological polar surface area (TPSA) is 58.6 Å². The number of aromatic hydroxyl groups is 1. The van der Waals surface area contributed by atoms with Crippen LogP contribution in [-0.2, 0) is 16.1 Å². The molecule has 0 spiro atoms. The molecule has 3 unspecified atom stereocenters. The zero-order valence-corrected chi connectivity index (χ0v) is 23.7. The number of nitrogens with one attached hydrogen (secondary N) is 1. The number of carbonyl (C=O) groups excluding carboxylic acids is 1. The SMILES string of the molecule is COC1(/C=C/C(C)=C/C=C/C(C)=C/C(=O)NCc2ccc(O)cc2)C(C)C(c2ccccc2)CCC1(C)C. The van der Waals surface area contributed by atoms with E-state index in [4.69, 9.17) is 4.74 Å². The molecule has 0 aliphatic heterocycles. The van der Waals surface area contributed by atoms with E-state index in [9.17, 15) is 9.90 Å². The van der Waals surface area contributed by atoms with E-state index in [2.05, 4.69) is 81.6 Å². The van der Waals surface area contributed by atoms with Crippen molar-refractivity contribution in [3.05, 3.63) is 113 Å². The Labute approximate surface area is 228 Å². The fraction of sp³-hybridized carbons (Fsp3) is 0.382. The molecule has 2 aromatic carbocycles. The first-order valence-corrected chi connectivity index (χ1v) is 13.5. The van der Waals surface area contributed by atoms with Crippen molar-refractivity contribution in [2.45, 2.75) is 65.5 Å². The van der Waals surface area contributed by atoms with Crippen LogP contribution in [0.5, 0.6) is 5.75 Å². The summed E-state index contributed by atoms with van der Waals surface area (Å²) in [6.45, 7) is 11.4. The minimum Gasteiger partial charge on any atom is -0.508 e. The minimum atomic E-state index is -0.379. The van der Waals surface area contributed by atoms with Gasteiger partial charge in [-0.3, -0.25) is 4.79 Å². The molecule has 202 valence electrons. The number of ether oxygens (including phenoxy) is 1. The van der Waals surface area contributed by atoms with Gasteiger partial charge >= 0.3 is 0 Å². The number of methoxy groups -OCH3 is 1. The van der Waals surface area contributed by atoms with Crippen LogP contribution < -0.4 is 5.32 Å². The molecule has 0 saturated heterocycles. The summed E-state index contributed by atoms with van der Waals surface area (Å²) in [7, 11) is 1.84. The largest absolute Gasteiger partial charge is 0.508 e. The third kappa shape index (κ3) is 7.14. The number of phenols is 1. The molecule has 2 N–H and O–H groups in total. The number of carbonyl (C=O) groups is 1. The van der Waals surface area contributed by atoms with Gasteiger partial charge < -0.3 is 15.2 Å². The quantitative estimate of drug-likeness (QED) is 0.268. The molecule has 1 fully saturated rings. The van der Waals surface area contributed by atoms with E-state index in [-0.39, 0.29) is 22.7 Å². The molecule has 1 aliphatic rings. The predicted octanol–water partition coefficient (Wildman–Crippen LogP) is 7.64. The lowest BCUT2D eigenvalue weighted by atomic mass is 9.56. The number of hydrogen-bond donors (Lipinski definition) is 2. The number of benzene rings is 2. The van der Waals surface area contributed by atoms with Crippen molar-refractivity contribution in [2.75, 3.05) is 7.11 Å². The molecule has 0 heterocycles. The Hall–Kier alpha value is -3.37. The van der Waals surface area contributed by atoms with Gasteiger partial charge in [-0.1, -0.05) is 99.2 Å². The maximum Gasteiger partial charge on any atom is 0.244 e. The highest BCUT2D eigenvalue weighted by molar-refractivity contribution is 5.88. The number of amides is 1. The van der Waals surface area contributed by atoms with Gasteiger partial charge in [0.2, 0.25) is 5.91 Å². The molecule has 1 saturated carbocycles. The van der Waals surface area contributed by atoms with E-state index in [0.29, 0.717) is 18.4 Å². The van der Waals surface area contributed by atoms with E-state index in [1.807, 2.05) is 26.2 Å². The summed E-state index contributed by atoms with van der Waals surface area (Å²) in [5, 5.41) is 12.2. The molecule has 4 nitrogen and oxygen atoms in total. The van der Waals surface area contributed by atoms with Crippen molar-refractivity contribution >= 4 is 5.91 Å². The van der Waals surface area contributed by atoms with Gasteiger partial charge in [-0.15, -0.1) is 0 Å². The highest BCUT2D eigenvalue weighted by Crippen LogP contribution is 2.55. The Kier molecular flexibility index (Phi) is 9.93. The molecule has 38 heavy (non-hydrogen) atoms. The number of phenolic OH excluding ortho intramolecular Hbond substituents is 1. The zero-order chi connectivity index (χ0) is 27.8. The lowest BCUT2D eigenvalue weighted by Crippen LogP contribution is -2.54. The predicted molar refractivity (Wildman–Crippen MR) is 157 cm³/mol. The van der Waals surface area contributed by atoms with Gasteiger partial charge in [-0.2, -0.15) is 0 Å². The first-order chi connectivity index (χ1) is 18.1. The number of rotatable bonds is 9. The summed E-state index contributed by atoms with van der Waals surface area (Å²) in [6.07, 6.45) is 14.2. The van der Waals surface area contributed by atoms with Crippen LogP contribution in [0, 0.1) is 11.3 Å². The molecular formula is C34H43NO3. The Morgan fingerprint density at radius 3 is 2.39 bits per heavy atom. The second kappa shape index (κ2) is 12.9. The Bertz CT molecular complexity index is 1190. The van der Waals surface area contributed by atoms with Crippen molar-refractivity contribution in [2.24, 2.45) is 11.3 Å². The van der Waals surface area contributed by atoms with Crippen molar-refractivity contribution in [1.82, 2.24) is 5.32 Å². The summed E-state index contributed by atoms with van der Waals surface area (Å²) in [5.74, 6) is 0.837. The fourth-order valence-corrected chi connectivity index (χ4v) is 5.71. The van der Waals surface area contributed by atoms with Crippen LogP contribution in [0.4, 0.5) is 0 Å². The maximum absolute atomic E-state index is 12.2. The first-order valence-electron chi connectivity index (χ1n) is 13.5. The molecule has 1 amide bonds. The summed E-state index contributed by atoms with van der Waals surface area (Å²) < 4.78 is 6.36. The fourth-order valence-electron chi connectivity index (χ4n) is 5.71. The standard InChI is InChI=1S/C34H43NO3/c1-25(11-10-12-26(2)23-32(37)35-24-28-15-17-30(36)18-16-28)19-22-34(38-6)27(3)31(20-21-33(34,4)5)29-13-8-7-9-14-29/h7-19,22-23,27,31,36H,20-21,24H2,1-6H3,(H,35,37)/b12-10+,22-19+,25-11+,26-23+. The van der Waals surface area contributed by atoms with Gasteiger partial charge in [0.1, 0.15) is 5.75 Å². The molecule has 3 rings (SSSR count). The third-order valence-electron chi connectivity index (χ3n) is 8.06. The van der Waals surface area contributed by atoms with E-state index in [1.54, 1.807) is 30.3 Å². The van der Waals surface area contributed by atoms with Crippen LogP contribution >= 0.6 is 0 Å². The smallest absolute Gasteiger partial charge is 0.244 e. The molecule has 0 radical (unpaired) electrons. The van der Waals surface area contributed by atoms with Crippen LogP contribution in [0.15, 0.2) is 102 Å². The highest BCUT2D eigenvalue weighted by atomic mass is 16.5. The van der Waals surface area contributed by atoms with E-state index >= 15 is 0 Å². The lowest BCUT2D eigenvalue weighted by Gasteiger charge is -2.54. The van der Waals surface area contributed by atoms with Gasteiger partial charge in [0.05, 0.1) is 5.60 Å². The van der Waals surface area contributed by atoms with Crippen LogP contribution in [0.1, 0.15) is 64.5 Å². The average Bonchev–Trinajstić information content (AvgIpc) is 2.89. The third-order valence-corrected chi connectivity index (χ3v) is 8.06. The van der Waals surface area contributed by atoms with Gasteiger partial charge in [0.15, 0.2) is 0 Å². The first kappa shape index (κ1) is 29.2. The highest BCUT2D eigenvalue weighted by Gasteiger charge is 2.53. The van der Waals surface area contributed by atoms with Crippen molar-refractivity contribution < 1.29 is 14.6 Å². The molecule has 1 aliphatic carbocycles. The van der Waals surface area contributed by atoms with Crippen molar-refractivity contribution in [1.29, 1.82) is 0 Å². The Balaban J connectivity index is 1.66. The summed E-state index contributed by atoms with van der Waals surface area (Å²) in [6, 6.07) is 17.6. The lowest BCUT2D eigenvalue weighted by molar-refractivity contribution is -0.129. The van der Waals surface area contributed by atoms with Gasteiger partial charge in [-0.25, -0.2) is 0 Å². The van der Waals surface area contributed by atoms with E-state index in [1.165, 1.54) is 5.56 Å². The Morgan fingerprint density at radius 1 is 1.05 bits per heavy atom. The van der Waals surface area contributed by atoms with Crippen LogP contribution in [0.2, 0.25) is 0 Å². The second-order valence-electron chi connectivity index (χ2n) is 11.1. The summed E-state index contributed by atoms with van der Waals surface area (Å²) >= 11 is 0. The molecule has 2 aromatic rings. The van der Waals surface area contributed by atoms with Gasteiger partial charge in [0.25, 0.3) is 0 Å². The van der Waals surface area contributed by atoms with Crippen molar-refractivity contribution in [3.8, 4) is 5.75 Å². The molecule has 3 atom stereocenters. The van der Waals surface area contributed by atoms with Crippen LogP contribution in [0.25, 0.3) is 0 Å². The minimum absolute atomic E-state index is 0.00584. The molecule has 0 bridgehead atoms. The Morgan fingerprint density at radius 2 is 1.74 bits per heavy atom. The van der Waals surface area contributed by atoms with Crippen molar-refractivity contribution in [3.63, 3.8) is 0 Å².